The Morgan fingerprint density at radius 1 is 0.971 bits per heavy atom. The molecule has 0 heterocycles. The molecular formula is C27H40O8. The average Bonchev–Trinajstić information content (AvgIpc) is 3.17. The van der Waals surface area contributed by atoms with Crippen LogP contribution in [0.25, 0.3) is 0 Å². The first-order valence-corrected chi connectivity index (χ1v) is 13.2. The molecule has 11 atom stereocenters. The van der Waals surface area contributed by atoms with Crippen molar-refractivity contribution in [3.63, 3.8) is 0 Å². The van der Waals surface area contributed by atoms with E-state index in [4.69, 9.17) is 14.2 Å². The second-order valence-electron chi connectivity index (χ2n) is 12.0. The minimum atomic E-state index is -0.791. The molecule has 0 unspecified atom stereocenters. The summed E-state index contributed by atoms with van der Waals surface area (Å²) in [6.07, 6.45) is 5.98. The third-order valence-corrected chi connectivity index (χ3v) is 11.0. The molecule has 0 aromatic heterocycles. The highest BCUT2D eigenvalue weighted by atomic mass is 16.5. The number of ether oxygens (including phenoxy) is 3. The Labute approximate surface area is 207 Å². The summed E-state index contributed by atoms with van der Waals surface area (Å²) >= 11 is 0. The largest absolute Gasteiger partial charge is 0.481 e. The molecule has 196 valence electrons. The van der Waals surface area contributed by atoms with Crippen molar-refractivity contribution in [1.29, 1.82) is 0 Å². The van der Waals surface area contributed by atoms with Gasteiger partial charge >= 0.3 is 5.97 Å². The number of hydrogen-bond acceptors (Lipinski definition) is 7. The van der Waals surface area contributed by atoms with Crippen molar-refractivity contribution >= 4 is 25.4 Å². The molecule has 0 aliphatic heterocycles. The average molecular weight is 493 g/mol. The van der Waals surface area contributed by atoms with Gasteiger partial charge in [0.25, 0.3) is 19.4 Å². The Hall–Kier alpha value is -2.12. The lowest BCUT2D eigenvalue weighted by atomic mass is 9.43. The van der Waals surface area contributed by atoms with Crippen molar-refractivity contribution in [2.45, 2.75) is 96.9 Å². The predicted octanol–water partition coefficient (Wildman–Crippen LogP) is 3.99. The van der Waals surface area contributed by atoms with Crippen molar-refractivity contribution in [2.75, 3.05) is 0 Å². The third-order valence-electron chi connectivity index (χ3n) is 11.0. The molecule has 0 bridgehead atoms. The highest BCUT2D eigenvalue weighted by molar-refractivity contribution is 5.66. The Bertz CT molecular complexity index is 815. The molecule has 4 rings (SSSR count). The van der Waals surface area contributed by atoms with Crippen LogP contribution in [0.3, 0.4) is 0 Å². The van der Waals surface area contributed by atoms with Gasteiger partial charge in [0.1, 0.15) is 18.3 Å². The minimum absolute atomic E-state index is 0.0189. The Morgan fingerprint density at radius 2 is 1.69 bits per heavy atom. The van der Waals surface area contributed by atoms with Crippen LogP contribution < -0.4 is 0 Å². The Kier molecular flexibility index (Phi) is 7.49. The van der Waals surface area contributed by atoms with Crippen LogP contribution in [-0.2, 0) is 33.4 Å². The molecule has 4 aliphatic carbocycles. The van der Waals surface area contributed by atoms with E-state index in [1.165, 1.54) is 0 Å². The van der Waals surface area contributed by atoms with Crippen LogP contribution in [0.4, 0.5) is 0 Å². The van der Waals surface area contributed by atoms with E-state index in [1.807, 2.05) is 0 Å². The van der Waals surface area contributed by atoms with Crippen molar-refractivity contribution in [2.24, 2.45) is 46.3 Å². The van der Waals surface area contributed by atoms with Gasteiger partial charge in [0.15, 0.2) is 0 Å². The second-order valence-corrected chi connectivity index (χ2v) is 12.0. The van der Waals surface area contributed by atoms with Crippen molar-refractivity contribution in [1.82, 2.24) is 0 Å². The first-order chi connectivity index (χ1) is 16.7. The van der Waals surface area contributed by atoms with E-state index in [2.05, 4.69) is 20.8 Å². The molecule has 0 saturated heterocycles. The van der Waals surface area contributed by atoms with Gasteiger partial charge in [0, 0.05) is 17.8 Å². The summed E-state index contributed by atoms with van der Waals surface area (Å²) in [7, 11) is 0. The fraction of sp³-hybridized carbons (Fsp3) is 0.852. The van der Waals surface area contributed by atoms with Crippen LogP contribution in [0, 0.1) is 46.3 Å². The number of rotatable bonds is 10. The lowest BCUT2D eigenvalue weighted by Gasteiger charge is -2.64. The molecule has 4 aliphatic rings. The molecule has 35 heavy (non-hydrogen) atoms. The maximum atomic E-state index is 11.7. The number of aliphatic carboxylic acids is 1. The van der Waals surface area contributed by atoms with Crippen LogP contribution in [0.15, 0.2) is 0 Å². The molecule has 0 aromatic carbocycles. The van der Waals surface area contributed by atoms with Crippen LogP contribution in [0.1, 0.15) is 78.6 Å². The van der Waals surface area contributed by atoms with Gasteiger partial charge < -0.3 is 19.3 Å². The first-order valence-electron chi connectivity index (χ1n) is 13.2. The number of fused-ring (bicyclic) bond motifs is 5. The lowest BCUT2D eigenvalue weighted by molar-refractivity contribution is -0.218. The molecule has 8 heteroatoms. The van der Waals surface area contributed by atoms with Crippen molar-refractivity contribution in [3.8, 4) is 0 Å². The van der Waals surface area contributed by atoms with E-state index in [1.54, 1.807) is 0 Å². The molecule has 4 fully saturated rings. The fourth-order valence-electron chi connectivity index (χ4n) is 9.30. The van der Waals surface area contributed by atoms with Gasteiger partial charge in [-0.2, -0.15) is 0 Å². The van der Waals surface area contributed by atoms with Gasteiger partial charge in [-0.25, -0.2) is 0 Å². The highest BCUT2D eigenvalue weighted by Gasteiger charge is 2.67. The molecule has 0 amide bonds. The number of carbonyl (C=O) groups is 4. The van der Waals surface area contributed by atoms with E-state index < -0.39 is 5.97 Å². The number of hydrogen-bond donors (Lipinski definition) is 1. The van der Waals surface area contributed by atoms with Crippen LogP contribution in [0.2, 0.25) is 0 Å². The van der Waals surface area contributed by atoms with Gasteiger partial charge in [-0.1, -0.05) is 20.8 Å². The van der Waals surface area contributed by atoms with E-state index >= 15 is 0 Å². The van der Waals surface area contributed by atoms with E-state index in [-0.39, 0.29) is 71.1 Å². The lowest BCUT2D eigenvalue weighted by Crippen LogP contribution is -2.63. The number of carbonyl (C=O) groups excluding carboxylic acids is 3. The second kappa shape index (κ2) is 10.1. The Balaban J connectivity index is 1.68. The smallest absolute Gasteiger partial charge is 0.303 e. The predicted molar refractivity (Wildman–Crippen MR) is 125 cm³/mol. The standard InChI is InChI=1S/C27H40O8/c1-16(4-7-24(31)32)19-5-6-20-25-21(12-23(35-15-30)27(19,20)3)26(2)9-8-18(33-13-28)10-17(26)11-22(25)34-14-29/h13-23,25H,4-12H2,1-3H3,(H,31,32)/t16-,17+,18-,19-,20+,21+,22+,23+,25+,26+,27-/m1/s1. The highest BCUT2D eigenvalue weighted by Crippen LogP contribution is 2.69. The summed E-state index contributed by atoms with van der Waals surface area (Å²) in [5.74, 6) is 0.481. The zero-order valence-electron chi connectivity index (χ0n) is 21.1. The summed E-state index contributed by atoms with van der Waals surface area (Å²) in [5, 5.41) is 9.23. The molecular weight excluding hydrogens is 452 g/mol. The van der Waals surface area contributed by atoms with Gasteiger partial charge in [0.2, 0.25) is 0 Å². The zero-order chi connectivity index (χ0) is 25.4. The van der Waals surface area contributed by atoms with E-state index in [9.17, 15) is 24.3 Å². The summed E-state index contributed by atoms with van der Waals surface area (Å²) in [4.78, 5) is 45.5. The monoisotopic (exact) mass is 492 g/mol. The van der Waals surface area contributed by atoms with Crippen molar-refractivity contribution < 1.29 is 38.5 Å². The molecule has 4 saturated carbocycles. The van der Waals surface area contributed by atoms with Crippen molar-refractivity contribution in [3.05, 3.63) is 0 Å². The SMILES string of the molecule is C[C@H](CCC(=O)O)[C@H]1CC[C@H]2[C@@H]3[C@@H](OC=O)C[C@@H]4C[C@H](OC=O)CC[C@]4(C)[C@H]3C[C@H](OC=O)[C@]12C. The summed E-state index contributed by atoms with van der Waals surface area (Å²) in [5.41, 5.74) is -0.319. The Morgan fingerprint density at radius 3 is 2.34 bits per heavy atom. The summed E-state index contributed by atoms with van der Waals surface area (Å²) in [6.45, 7) is 8.34. The van der Waals surface area contributed by atoms with Gasteiger partial charge in [-0.15, -0.1) is 0 Å². The summed E-state index contributed by atoms with van der Waals surface area (Å²) < 4.78 is 17.0. The maximum absolute atomic E-state index is 11.7. The molecule has 0 aromatic rings. The van der Waals surface area contributed by atoms with Gasteiger partial charge in [-0.3, -0.25) is 19.2 Å². The van der Waals surface area contributed by atoms with Gasteiger partial charge in [-0.05, 0) is 86.4 Å². The van der Waals surface area contributed by atoms with E-state index in [0.717, 1.165) is 38.5 Å². The van der Waals surface area contributed by atoms with Gasteiger partial charge in [0.05, 0.1) is 0 Å². The zero-order valence-corrected chi connectivity index (χ0v) is 21.1. The molecule has 0 radical (unpaired) electrons. The van der Waals surface area contributed by atoms with Crippen LogP contribution in [0.5, 0.6) is 0 Å². The topological polar surface area (TPSA) is 116 Å². The summed E-state index contributed by atoms with van der Waals surface area (Å²) in [6, 6.07) is 0. The molecule has 0 spiro atoms. The molecule has 8 nitrogen and oxygen atoms in total. The quantitative estimate of drug-likeness (QED) is 0.359. The van der Waals surface area contributed by atoms with Crippen LogP contribution in [-0.4, -0.2) is 48.8 Å². The third kappa shape index (κ3) is 4.35. The normalized spacial score (nSPS) is 45.1. The fourth-order valence-corrected chi connectivity index (χ4v) is 9.30. The number of carboxylic acids is 1. The van der Waals surface area contributed by atoms with Crippen LogP contribution >= 0.6 is 0 Å². The molecule has 1 N–H and O–H groups in total. The van der Waals surface area contributed by atoms with E-state index in [0.29, 0.717) is 32.3 Å². The first kappa shape index (κ1) is 26.0. The maximum Gasteiger partial charge on any atom is 0.303 e. The minimum Gasteiger partial charge on any atom is -0.481 e. The number of carboxylic acid groups (broad SMARTS) is 1.